The van der Waals surface area contributed by atoms with E-state index in [4.69, 9.17) is 21.1 Å². The Morgan fingerprint density at radius 3 is 2.48 bits per heavy atom. The average molecular weight is 308 g/mol. The normalized spacial score (nSPS) is 11.9. The fraction of sp³-hybridized carbons (Fsp3) is 0.200. The van der Waals surface area contributed by atoms with Crippen LogP contribution in [0.2, 0.25) is 5.22 Å². The molecular formula is C15H14ClNO4. The summed E-state index contributed by atoms with van der Waals surface area (Å²) < 4.78 is 4.86. The molecule has 2 rings (SSSR count). The summed E-state index contributed by atoms with van der Waals surface area (Å²) in [5.41, 5.74) is 1.76. The molecule has 0 bridgehead atoms. The van der Waals surface area contributed by atoms with Gasteiger partial charge in [-0.3, -0.25) is 9.59 Å². The van der Waals surface area contributed by atoms with Gasteiger partial charge in [0.15, 0.2) is 0 Å². The van der Waals surface area contributed by atoms with Crippen molar-refractivity contribution in [3.8, 4) is 0 Å². The Bertz CT molecular complexity index is 648. The molecule has 0 radical (unpaired) electrons. The van der Waals surface area contributed by atoms with Crippen LogP contribution in [0.25, 0.3) is 0 Å². The second-order valence-electron chi connectivity index (χ2n) is 4.68. The van der Waals surface area contributed by atoms with E-state index >= 15 is 0 Å². The van der Waals surface area contributed by atoms with Crippen LogP contribution in [0.1, 0.15) is 35.2 Å². The van der Waals surface area contributed by atoms with Crippen molar-refractivity contribution in [1.29, 1.82) is 0 Å². The highest BCUT2D eigenvalue weighted by Gasteiger charge is 2.14. The number of carboxylic acids is 1. The highest BCUT2D eigenvalue weighted by atomic mass is 35.5. The number of nitrogens with one attached hydrogen (secondary N) is 1. The highest BCUT2D eigenvalue weighted by molar-refractivity contribution is 6.32. The van der Waals surface area contributed by atoms with Crippen molar-refractivity contribution in [1.82, 2.24) is 0 Å². The molecule has 1 aromatic carbocycles. The summed E-state index contributed by atoms with van der Waals surface area (Å²) in [5.74, 6) is -1.29. The third-order valence-electron chi connectivity index (χ3n) is 3.08. The molecule has 1 unspecified atom stereocenters. The van der Waals surface area contributed by atoms with Gasteiger partial charge in [0.2, 0.25) is 5.22 Å². The first-order valence-corrected chi connectivity index (χ1v) is 6.71. The van der Waals surface area contributed by atoms with Gasteiger partial charge in [-0.2, -0.15) is 0 Å². The van der Waals surface area contributed by atoms with Crippen molar-refractivity contribution in [2.75, 3.05) is 5.32 Å². The van der Waals surface area contributed by atoms with Crippen LogP contribution < -0.4 is 5.32 Å². The lowest BCUT2D eigenvalue weighted by atomic mass is 9.98. The van der Waals surface area contributed by atoms with Crippen molar-refractivity contribution in [2.45, 2.75) is 19.3 Å². The van der Waals surface area contributed by atoms with Crippen molar-refractivity contribution in [3.05, 3.63) is 52.9 Å². The number of anilines is 1. The topological polar surface area (TPSA) is 79.5 Å². The van der Waals surface area contributed by atoms with E-state index in [1.807, 2.05) is 6.92 Å². The largest absolute Gasteiger partial charge is 0.481 e. The van der Waals surface area contributed by atoms with E-state index in [0.717, 1.165) is 5.56 Å². The Kier molecular flexibility index (Phi) is 4.65. The third kappa shape index (κ3) is 3.86. The minimum absolute atomic E-state index is 0.0409. The predicted octanol–water partition coefficient (Wildman–Crippen LogP) is 3.76. The summed E-state index contributed by atoms with van der Waals surface area (Å²) >= 11 is 5.73. The van der Waals surface area contributed by atoms with Crippen LogP contribution in [0, 0.1) is 0 Å². The van der Waals surface area contributed by atoms with Gasteiger partial charge in [-0.1, -0.05) is 19.1 Å². The van der Waals surface area contributed by atoms with Gasteiger partial charge in [0.1, 0.15) is 0 Å². The summed E-state index contributed by atoms with van der Waals surface area (Å²) in [6.45, 7) is 1.84. The van der Waals surface area contributed by atoms with Crippen LogP contribution in [-0.2, 0) is 4.79 Å². The fourth-order valence-corrected chi connectivity index (χ4v) is 2.13. The molecule has 110 valence electrons. The molecule has 21 heavy (non-hydrogen) atoms. The molecule has 0 saturated heterocycles. The Morgan fingerprint density at radius 2 is 1.95 bits per heavy atom. The van der Waals surface area contributed by atoms with E-state index in [9.17, 15) is 9.59 Å². The van der Waals surface area contributed by atoms with Crippen LogP contribution >= 0.6 is 11.6 Å². The molecule has 2 N–H and O–H groups in total. The molecule has 6 heteroatoms. The zero-order valence-corrected chi connectivity index (χ0v) is 12.1. The zero-order valence-electron chi connectivity index (χ0n) is 11.3. The monoisotopic (exact) mass is 307 g/mol. The molecule has 0 aliphatic rings. The molecule has 0 fully saturated rings. The Hall–Kier alpha value is -2.27. The molecule has 2 aromatic rings. The van der Waals surface area contributed by atoms with Gasteiger partial charge in [-0.05, 0) is 41.3 Å². The maximum absolute atomic E-state index is 11.9. The minimum atomic E-state index is -0.838. The first-order chi connectivity index (χ1) is 9.97. The number of carbonyl (C=O) groups excluding carboxylic acids is 1. The molecule has 1 atom stereocenters. The number of hydrogen-bond acceptors (Lipinski definition) is 3. The number of carboxylic acid groups (broad SMARTS) is 1. The number of carbonyl (C=O) groups is 2. The van der Waals surface area contributed by atoms with E-state index < -0.39 is 5.97 Å². The minimum Gasteiger partial charge on any atom is -0.481 e. The lowest BCUT2D eigenvalue weighted by Gasteiger charge is -2.10. The molecule has 0 spiro atoms. The molecule has 1 aromatic heterocycles. The fourth-order valence-electron chi connectivity index (χ4n) is 1.93. The lowest BCUT2D eigenvalue weighted by Crippen LogP contribution is -2.11. The van der Waals surface area contributed by atoms with E-state index in [2.05, 4.69) is 5.32 Å². The molecule has 0 aliphatic carbocycles. The van der Waals surface area contributed by atoms with Crippen molar-refractivity contribution >= 4 is 29.2 Å². The Labute approximate surface area is 126 Å². The average Bonchev–Trinajstić information content (AvgIpc) is 2.85. The smallest absolute Gasteiger partial charge is 0.303 e. The summed E-state index contributed by atoms with van der Waals surface area (Å²) in [6.07, 6.45) is 1.41. The highest BCUT2D eigenvalue weighted by Crippen LogP contribution is 2.22. The van der Waals surface area contributed by atoms with Crippen LogP contribution in [0.3, 0.4) is 0 Å². The van der Waals surface area contributed by atoms with E-state index in [1.165, 1.54) is 12.3 Å². The van der Waals surface area contributed by atoms with E-state index in [0.29, 0.717) is 5.69 Å². The number of furan rings is 1. The second kappa shape index (κ2) is 6.45. The standard InChI is InChI=1S/C15H14ClNO4/c1-9(8-13(18)19)10-2-4-11(5-3-10)17-15(20)12-6-7-21-14(12)16/h2-7,9H,8H2,1H3,(H,17,20)(H,18,19). The first kappa shape index (κ1) is 15.1. The van der Waals surface area contributed by atoms with Gasteiger partial charge in [0, 0.05) is 5.69 Å². The summed E-state index contributed by atoms with van der Waals surface area (Å²) in [4.78, 5) is 22.6. The van der Waals surface area contributed by atoms with Crippen LogP contribution in [0.15, 0.2) is 41.0 Å². The van der Waals surface area contributed by atoms with Crippen molar-refractivity contribution < 1.29 is 19.1 Å². The number of aliphatic carboxylic acids is 1. The van der Waals surface area contributed by atoms with Gasteiger partial charge in [-0.15, -0.1) is 0 Å². The Morgan fingerprint density at radius 1 is 1.29 bits per heavy atom. The molecule has 1 amide bonds. The maximum atomic E-state index is 11.9. The third-order valence-corrected chi connectivity index (χ3v) is 3.37. The lowest BCUT2D eigenvalue weighted by molar-refractivity contribution is -0.137. The van der Waals surface area contributed by atoms with Crippen molar-refractivity contribution in [2.24, 2.45) is 0 Å². The maximum Gasteiger partial charge on any atom is 0.303 e. The number of benzene rings is 1. The van der Waals surface area contributed by atoms with Crippen LogP contribution in [-0.4, -0.2) is 17.0 Å². The van der Waals surface area contributed by atoms with Gasteiger partial charge >= 0.3 is 5.97 Å². The Balaban J connectivity index is 2.04. The molecule has 5 nitrogen and oxygen atoms in total. The van der Waals surface area contributed by atoms with Gasteiger partial charge in [0.25, 0.3) is 5.91 Å². The van der Waals surface area contributed by atoms with Crippen LogP contribution in [0.5, 0.6) is 0 Å². The summed E-state index contributed by atoms with van der Waals surface area (Å²) in [7, 11) is 0. The quantitative estimate of drug-likeness (QED) is 0.881. The van der Waals surface area contributed by atoms with Gasteiger partial charge in [0.05, 0.1) is 18.2 Å². The number of amides is 1. The van der Waals surface area contributed by atoms with E-state index in [1.54, 1.807) is 24.3 Å². The number of halogens is 1. The van der Waals surface area contributed by atoms with E-state index in [-0.39, 0.29) is 29.0 Å². The van der Waals surface area contributed by atoms with Gasteiger partial charge < -0.3 is 14.8 Å². The molecular weight excluding hydrogens is 294 g/mol. The second-order valence-corrected chi connectivity index (χ2v) is 5.03. The first-order valence-electron chi connectivity index (χ1n) is 6.33. The van der Waals surface area contributed by atoms with Gasteiger partial charge in [-0.25, -0.2) is 0 Å². The molecule has 0 aliphatic heterocycles. The molecule has 1 heterocycles. The van der Waals surface area contributed by atoms with Crippen molar-refractivity contribution in [3.63, 3.8) is 0 Å². The summed E-state index contributed by atoms with van der Waals surface area (Å²) in [5, 5.41) is 11.5. The molecule has 0 saturated carbocycles. The number of hydrogen-bond donors (Lipinski definition) is 2. The zero-order chi connectivity index (χ0) is 15.4. The SMILES string of the molecule is CC(CC(=O)O)c1ccc(NC(=O)c2ccoc2Cl)cc1. The number of rotatable bonds is 5. The predicted molar refractivity (Wildman–Crippen MR) is 78.8 cm³/mol. The summed E-state index contributed by atoms with van der Waals surface area (Å²) in [6, 6.07) is 8.51. The van der Waals surface area contributed by atoms with Crippen LogP contribution in [0.4, 0.5) is 5.69 Å².